The van der Waals surface area contributed by atoms with Crippen molar-refractivity contribution >= 4 is 25.8 Å². The van der Waals surface area contributed by atoms with Gasteiger partial charge in [0.1, 0.15) is 0 Å². The summed E-state index contributed by atoms with van der Waals surface area (Å²) in [5.74, 6) is 0. The molecular formula is C10H11BrO3S. The Morgan fingerprint density at radius 1 is 1.40 bits per heavy atom. The molecule has 1 N–H and O–H groups in total. The van der Waals surface area contributed by atoms with Crippen LogP contribution < -0.4 is 0 Å². The monoisotopic (exact) mass is 290 g/mol. The van der Waals surface area contributed by atoms with Gasteiger partial charge in [-0.2, -0.15) is 0 Å². The predicted molar refractivity (Wildman–Crippen MR) is 60.4 cm³/mol. The third-order valence-corrected chi connectivity index (χ3v) is 5.82. The summed E-state index contributed by atoms with van der Waals surface area (Å²) < 4.78 is 24.1. The first-order valence-electron chi connectivity index (χ1n) is 4.63. The number of rotatable bonds is 3. The largest absolute Gasteiger partial charge is 0.395 e. The van der Waals surface area contributed by atoms with E-state index >= 15 is 0 Å². The first kappa shape index (κ1) is 11.1. The molecule has 1 fully saturated rings. The fraction of sp³-hybridized carbons (Fsp3) is 0.400. The van der Waals surface area contributed by atoms with Crippen molar-refractivity contribution in [2.75, 3.05) is 6.61 Å². The van der Waals surface area contributed by atoms with Crippen LogP contribution in [0.3, 0.4) is 0 Å². The highest BCUT2D eigenvalue weighted by Crippen LogP contribution is 2.46. The second-order valence-electron chi connectivity index (χ2n) is 3.80. The molecule has 0 heterocycles. The van der Waals surface area contributed by atoms with Gasteiger partial charge in [-0.15, -0.1) is 0 Å². The van der Waals surface area contributed by atoms with Gasteiger partial charge in [0.15, 0.2) is 9.84 Å². The maximum atomic E-state index is 12.1. The summed E-state index contributed by atoms with van der Waals surface area (Å²) in [6.45, 7) is -0.290. The van der Waals surface area contributed by atoms with Crippen molar-refractivity contribution in [3.63, 3.8) is 0 Å². The number of hydrogen-bond donors (Lipinski definition) is 1. The van der Waals surface area contributed by atoms with E-state index in [1.807, 2.05) is 0 Å². The van der Waals surface area contributed by atoms with Crippen molar-refractivity contribution in [2.24, 2.45) is 0 Å². The molecule has 0 aliphatic heterocycles. The van der Waals surface area contributed by atoms with Crippen molar-refractivity contribution in [1.82, 2.24) is 0 Å². The van der Waals surface area contributed by atoms with E-state index in [1.54, 1.807) is 24.3 Å². The number of halogens is 1. The maximum Gasteiger partial charge on any atom is 0.186 e. The Morgan fingerprint density at radius 2 is 2.07 bits per heavy atom. The molecule has 0 bridgehead atoms. The quantitative estimate of drug-likeness (QED) is 0.923. The van der Waals surface area contributed by atoms with E-state index in [2.05, 4.69) is 15.9 Å². The number of aliphatic hydroxyl groups excluding tert-OH is 1. The van der Waals surface area contributed by atoms with Crippen LogP contribution in [0.1, 0.15) is 12.8 Å². The van der Waals surface area contributed by atoms with Crippen LogP contribution in [0.4, 0.5) is 0 Å². The molecule has 82 valence electrons. The van der Waals surface area contributed by atoms with Gasteiger partial charge in [0.25, 0.3) is 0 Å². The molecule has 0 unspecified atom stereocenters. The topological polar surface area (TPSA) is 54.4 Å². The van der Waals surface area contributed by atoms with Crippen LogP contribution in [-0.4, -0.2) is 24.9 Å². The molecule has 1 aromatic rings. The van der Waals surface area contributed by atoms with Crippen LogP contribution in [-0.2, 0) is 9.84 Å². The van der Waals surface area contributed by atoms with E-state index in [9.17, 15) is 8.42 Å². The summed E-state index contributed by atoms with van der Waals surface area (Å²) in [5, 5.41) is 9.13. The highest BCUT2D eigenvalue weighted by molar-refractivity contribution is 9.10. The number of hydrogen-bond acceptors (Lipinski definition) is 3. The number of sulfone groups is 1. The van der Waals surface area contributed by atoms with Crippen LogP contribution in [0.25, 0.3) is 0 Å². The smallest absolute Gasteiger partial charge is 0.186 e. The Morgan fingerprint density at radius 3 is 2.53 bits per heavy atom. The average Bonchev–Trinajstić information content (AvgIpc) is 2.98. The molecule has 0 spiro atoms. The van der Waals surface area contributed by atoms with E-state index in [-0.39, 0.29) is 11.5 Å². The van der Waals surface area contributed by atoms with Crippen LogP contribution in [0.2, 0.25) is 0 Å². The minimum atomic E-state index is -3.38. The second kappa shape index (κ2) is 3.57. The van der Waals surface area contributed by atoms with Gasteiger partial charge in [-0.3, -0.25) is 0 Å². The Kier molecular flexibility index (Phi) is 2.65. The summed E-state index contributed by atoms with van der Waals surface area (Å²) in [6.07, 6.45) is 1.11. The van der Waals surface area contributed by atoms with Gasteiger partial charge in [0.05, 0.1) is 16.2 Å². The highest BCUT2D eigenvalue weighted by atomic mass is 79.9. The minimum Gasteiger partial charge on any atom is -0.395 e. The molecule has 0 radical (unpaired) electrons. The lowest BCUT2D eigenvalue weighted by molar-refractivity contribution is 0.283. The highest BCUT2D eigenvalue weighted by Gasteiger charge is 2.54. The first-order valence-corrected chi connectivity index (χ1v) is 6.90. The van der Waals surface area contributed by atoms with Gasteiger partial charge in [-0.05, 0) is 31.0 Å². The second-order valence-corrected chi connectivity index (χ2v) is 7.06. The lowest BCUT2D eigenvalue weighted by atomic mass is 10.4. The van der Waals surface area contributed by atoms with Crippen LogP contribution >= 0.6 is 15.9 Å². The van der Waals surface area contributed by atoms with E-state index in [1.165, 1.54) is 0 Å². The molecule has 0 amide bonds. The normalized spacial score (nSPS) is 18.8. The average molecular weight is 291 g/mol. The molecule has 0 aromatic heterocycles. The fourth-order valence-corrected chi connectivity index (χ4v) is 3.94. The zero-order valence-corrected chi connectivity index (χ0v) is 10.4. The Labute approximate surface area is 97.2 Å². The molecular weight excluding hydrogens is 280 g/mol. The zero-order chi connectivity index (χ0) is 11.1. The van der Waals surface area contributed by atoms with E-state index in [0.717, 1.165) is 4.47 Å². The van der Waals surface area contributed by atoms with E-state index < -0.39 is 14.6 Å². The molecule has 2 rings (SSSR count). The van der Waals surface area contributed by atoms with Crippen LogP contribution in [0.5, 0.6) is 0 Å². The Hall–Kier alpha value is -0.390. The summed E-state index contributed by atoms with van der Waals surface area (Å²) in [6, 6.07) is 6.60. The van der Waals surface area contributed by atoms with Gasteiger partial charge >= 0.3 is 0 Å². The Bertz CT molecular complexity index is 477. The molecule has 1 aromatic carbocycles. The third-order valence-electron chi connectivity index (χ3n) is 2.77. The zero-order valence-electron chi connectivity index (χ0n) is 7.98. The molecule has 0 atom stereocenters. The third kappa shape index (κ3) is 1.73. The molecule has 3 nitrogen and oxygen atoms in total. The van der Waals surface area contributed by atoms with Crippen molar-refractivity contribution in [3.8, 4) is 0 Å². The van der Waals surface area contributed by atoms with E-state index in [0.29, 0.717) is 12.8 Å². The van der Waals surface area contributed by atoms with Crippen LogP contribution in [0, 0.1) is 0 Å². The Balaban J connectivity index is 2.47. The van der Waals surface area contributed by atoms with Crippen molar-refractivity contribution < 1.29 is 13.5 Å². The lowest BCUT2D eigenvalue weighted by Gasteiger charge is -2.13. The summed E-state index contributed by atoms with van der Waals surface area (Å²) in [4.78, 5) is 0.281. The first-order chi connectivity index (χ1) is 7.02. The fourth-order valence-electron chi connectivity index (χ4n) is 1.54. The molecule has 15 heavy (non-hydrogen) atoms. The van der Waals surface area contributed by atoms with Crippen molar-refractivity contribution in [3.05, 3.63) is 28.7 Å². The van der Waals surface area contributed by atoms with Gasteiger partial charge in [-0.1, -0.05) is 22.0 Å². The predicted octanol–water partition coefficient (Wildman–Crippen LogP) is 1.75. The SMILES string of the molecule is O=S(=O)(c1cccc(Br)c1)C1(CO)CC1. The van der Waals surface area contributed by atoms with Crippen molar-refractivity contribution in [1.29, 1.82) is 0 Å². The van der Waals surface area contributed by atoms with E-state index in [4.69, 9.17) is 5.11 Å². The van der Waals surface area contributed by atoms with Gasteiger partial charge in [-0.25, -0.2) is 8.42 Å². The molecule has 5 heteroatoms. The summed E-state index contributed by atoms with van der Waals surface area (Å²) in [5.41, 5.74) is 0. The maximum absolute atomic E-state index is 12.1. The number of aliphatic hydroxyl groups is 1. The van der Waals surface area contributed by atoms with Gasteiger partial charge in [0.2, 0.25) is 0 Å². The summed E-state index contributed by atoms with van der Waals surface area (Å²) >= 11 is 3.24. The number of benzene rings is 1. The van der Waals surface area contributed by atoms with Crippen LogP contribution in [0.15, 0.2) is 33.6 Å². The molecule has 0 saturated heterocycles. The standard InChI is InChI=1S/C10H11BrO3S/c11-8-2-1-3-9(6-8)15(13,14)10(7-12)4-5-10/h1-3,6,12H,4-5,7H2. The van der Waals surface area contributed by atoms with Gasteiger partial charge in [0, 0.05) is 4.47 Å². The molecule has 1 aliphatic rings. The molecule has 1 aliphatic carbocycles. The molecule has 1 saturated carbocycles. The lowest BCUT2D eigenvalue weighted by Crippen LogP contribution is -2.27. The van der Waals surface area contributed by atoms with Crippen molar-refractivity contribution in [2.45, 2.75) is 22.5 Å². The minimum absolute atomic E-state index is 0.281. The van der Waals surface area contributed by atoms with Gasteiger partial charge < -0.3 is 5.11 Å². The summed E-state index contributed by atoms with van der Waals surface area (Å²) in [7, 11) is -3.38.